The first-order valence-electron chi connectivity index (χ1n) is 4.81. The van der Waals surface area contributed by atoms with Gasteiger partial charge in [-0.25, -0.2) is 0 Å². The first-order chi connectivity index (χ1) is 7.88. The summed E-state index contributed by atoms with van der Waals surface area (Å²) in [5, 5.41) is 8.74. The first kappa shape index (κ1) is 12.8. The molecule has 0 saturated heterocycles. The summed E-state index contributed by atoms with van der Waals surface area (Å²) < 4.78 is 0. The Hall–Kier alpha value is -2.29. The van der Waals surface area contributed by atoms with Crippen LogP contribution in [-0.2, 0) is 0 Å². The maximum absolute atomic E-state index is 8.74. The Morgan fingerprint density at radius 1 is 0.941 bits per heavy atom. The van der Waals surface area contributed by atoms with Crippen LogP contribution >= 0.6 is 12.4 Å². The van der Waals surface area contributed by atoms with Gasteiger partial charge >= 0.3 is 0 Å². The molecule has 2 nitrogen and oxygen atoms in total. The molecule has 17 heavy (non-hydrogen) atoms. The molecular formula is C14H9ClN2. The first-order valence-corrected chi connectivity index (χ1v) is 4.81. The number of nitrogens with zero attached hydrogens (tertiary/aromatic N) is 2. The van der Waals surface area contributed by atoms with Crippen molar-refractivity contribution in [2.45, 2.75) is 0 Å². The number of aromatic nitrogens is 1. The van der Waals surface area contributed by atoms with E-state index in [1.165, 1.54) is 0 Å². The molecule has 0 radical (unpaired) electrons. The van der Waals surface area contributed by atoms with E-state index in [2.05, 4.69) is 22.9 Å². The molecule has 1 heterocycles. The van der Waals surface area contributed by atoms with Gasteiger partial charge in [-0.05, 0) is 30.3 Å². The minimum atomic E-state index is 0. The highest BCUT2D eigenvalue weighted by molar-refractivity contribution is 5.85. The van der Waals surface area contributed by atoms with E-state index in [0.717, 1.165) is 11.1 Å². The van der Waals surface area contributed by atoms with Gasteiger partial charge in [0.15, 0.2) is 0 Å². The lowest BCUT2D eigenvalue weighted by molar-refractivity contribution is 1.31. The van der Waals surface area contributed by atoms with E-state index in [-0.39, 0.29) is 12.4 Å². The fourth-order valence-corrected chi connectivity index (χ4v) is 1.25. The lowest BCUT2D eigenvalue weighted by Gasteiger charge is -1.90. The summed E-state index contributed by atoms with van der Waals surface area (Å²) in [6.45, 7) is 0. The number of rotatable bonds is 0. The Morgan fingerprint density at radius 2 is 1.65 bits per heavy atom. The monoisotopic (exact) mass is 240 g/mol. The number of halogens is 1. The van der Waals surface area contributed by atoms with E-state index in [9.17, 15) is 0 Å². The van der Waals surface area contributed by atoms with Gasteiger partial charge < -0.3 is 0 Å². The summed E-state index contributed by atoms with van der Waals surface area (Å²) in [5.74, 6) is 5.98. The number of pyridine rings is 1. The third-order valence-electron chi connectivity index (χ3n) is 2.00. The molecule has 0 spiro atoms. The molecule has 0 bridgehead atoms. The van der Waals surface area contributed by atoms with Crippen LogP contribution in [0.5, 0.6) is 0 Å². The molecule has 0 aliphatic rings. The van der Waals surface area contributed by atoms with Crippen LogP contribution in [0.15, 0.2) is 48.8 Å². The zero-order chi connectivity index (χ0) is 11.2. The van der Waals surface area contributed by atoms with Gasteiger partial charge in [0.1, 0.15) is 0 Å². The van der Waals surface area contributed by atoms with Crippen LogP contribution in [0.4, 0.5) is 0 Å². The van der Waals surface area contributed by atoms with Crippen molar-refractivity contribution in [3.8, 4) is 17.9 Å². The van der Waals surface area contributed by atoms with Gasteiger partial charge in [-0.1, -0.05) is 17.9 Å². The normalized spacial score (nSPS) is 8.18. The molecule has 3 heteroatoms. The van der Waals surface area contributed by atoms with Gasteiger partial charge in [-0.15, -0.1) is 12.4 Å². The molecule has 1 aromatic carbocycles. The second-order valence-corrected chi connectivity index (χ2v) is 3.18. The molecule has 0 saturated carbocycles. The van der Waals surface area contributed by atoms with Crippen LogP contribution in [0.1, 0.15) is 16.7 Å². The van der Waals surface area contributed by atoms with E-state index in [4.69, 9.17) is 5.26 Å². The molecule has 0 amide bonds. The molecule has 0 fully saturated rings. The fraction of sp³-hybridized carbons (Fsp3) is 0. The van der Waals surface area contributed by atoms with Crippen molar-refractivity contribution in [1.29, 1.82) is 5.26 Å². The van der Waals surface area contributed by atoms with Crippen LogP contribution in [0, 0.1) is 23.2 Å². The molecule has 0 N–H and O–H groups in total. The highest BCUT2D eigenvalue weighted by Gasteiger charge is 1.90. The summed E-state index contributed by atoms with van der Waals surface area (Å²) >= 11 is 0. The molecule has 0 aliphatic carbocycles. The van der Waals surface area contributed by atoms with Gasteiger partial charge in [0.2, 0.25) is 0 Å². The predicted octanol–water partition coefficient (Wildman–Crippen LogP) is 2.77. The van der Waals surface area contributed by atoms with Crippen molar-refractivity contribution >= 4 is 12.4 Å². The average molecular weight is 241 g/mol. The standard InChI is InChI=1S/C14H8N2.ClH/c15-10-14-4-1-3-12(9-14)6-7-13-5-2-8-16-11-13;/h1-5,8-9,11H;1H. The molecule has 1 aromatic heterocycles. The van der Waals surface area contributed by atoms with Crippen LogP contribution in [0.25, 0.3) is 0 Å². The number of benzene rings is 1. The topological polar surface area (TPSA) is 36.7 Å². The van der Waals surface area contributed by atoms with Crippen LogP contribution in [-0.4, -0.2) is 4.98 Å². The molecule has 2 rings (SSSR count). The summed E-state index contributed by atoms with van der Waals surface area (Å²) in [7, 11) is 0. The Bertz CT molecular complexity index is 589. The van der Waals surface area contributed by atoms with E-state index in [0.29, 0.717) is 5.56 Å². The minimum absolute atomic E-state index is 0. The molecule has 0 atom stereocenters. The summed E-state index contributed by atoms with van der Waals surface area (Å²) in [6, 6.07) is 13.1. The van der Waals surface area contributed by atoms with Gasteiger partial charge in [-0.2, -0.15) is 5.26 Å². The zero-order valence-corrected chi connectivity index (χ0v) is 9.74. The molecule has 2 aromatic rings. The third-order valence-corrected chi connectivity index (χ3v) is 2.00. The molecule has 0 unspecified atom stereocenters. The third kappa shape index (κ3) is 3.65. The lowest BCUT2D eigenvalue weighted by atomic mass is 10.1. The second-order valence-electron chi connectivity index (χ2n) is 3.18. The Morgan fingerprint density at radius 3 is 2.35 bits per heavy atom. The van der Waals surface area contributed by atoms with Crippen molar-refractivity contribution in [2.24, 2.45) is 0 Å². The van der Waals surface area contributed by atoms with Crippen molar-refractivity contribution in [2.75, 3.05) is 0 Å². The molecule has 82 valence electrons. The highest BCUT2D eigenvalue weighted by Crippen LogP contribution is 2.02. The van der Waals surface area contributed by atoms with Crippen molar-refractivity contribution < 1.29 is 0 Å². The van der Waals surface area contributed by atoms with E-state index in [1.807, 2.05) is 24.3 Å². The quantitative estimate of drug-likeness (QED) is 0.664. The number of hydrogen-bond acceptors (Lipinski definition) is 2. The number of nitriles is 1. The van der Waals surface area contributed by atoms with E-state index in [1.54, 1.807) is 24.5 Å². The van der Waals surface area contributed by atoms with Crippen LogP contribution in [0.2, 0.25) is 0 Å². The lowest BCUT2D eigenvalue weighted by Crippen LogP contribution is -1.79. The van der Waals surface area contributed by atoms with E-state index < -0.39 is 0 Å². The van der Waals surface area contributed by atoms with Gasteiger partial charge in [-0.3, -0.25) is 4.98 Å². The summed E-state index contributed by atoms with van der Waals surface area (Å²) in [4.78, 5) is 3.98. The summed E-state index contributed by atoms with van der Waals surface area (Å²) in [6.07, 6.45) is 3.42. The zero-order valence-electron chi connectivity index (χ0n) is 8.92. The van der Waals surface area contributed by atoms with Crippen molar-refractivity contribution in [3.05, 3.63) is 65.5 Å². The SMILES string of the molecule is Cl.N#Cc1cccc(C#Cc2cccnc2)c1. The smallest absolute Gasteiger partial charge is 0.0992 e. The van der Waals surface area contributed by atoms with E-state index >= 15 is 0 Å². The van der Waals surface area contributed by atoms with Crippen LogP contribution in [0.3, 0.4) is 0 Å². The number of hydrogen-bond donors (Lipinski definition) is 0. The maximum Gasteiger partial charge on any atom is 0.0992 e. The highest BCUT2D eigenvalue weighted by atomic mass is 35.5. The van der Waals surface area contributed by atoms with Crippen molar-refractivity contribution in [1.82, 2.24) is 4.98 Å². The van der Waals surface area contributed by atoms with Gasteiger partial charge in [0, 0.05) is 23.5 Å². The van der Waals surface area contributed by atoms with Crippen molar-refractivity contribution in [3.63, 3.8) is 0 Å². The largest absolute Gasteiger partial charge is 0.263 e. The Balaban J connectivity index is 0.00000144. The molecular weight excluding hydrogens is 232 g/mol. The maximum atomic E-state index is 8.74. The second kappa shape index (κ2) is 6.33. The minimum Gasteiger partial charge on any atom is -0.263 e. The van der Waals surface area contributed by atoms with Gasteiger partial charge in [0.05, 0.1) is 11.6 Å². The van der Waals surface area contributed by atoms with Gasteiger partial charge in [0.25, 0.3) is 0 Å². The fourth-order valence-electron chi connectivity index (χ4n) is 1.25. The predicted molar refractivity (Wildman–Crippen MR) is 68.6 cm³/mol. The van der Waals surface area contributed by atoms with Crippen LogP contribution < -0.4 is 0 Å². The average Bonchev–Trinajstić information content (AvgIpc) is 2.38. The Kier molecular flexibility index (Phi) is 4.76. The Labute approximate surface area is 106 Å². The molecule has 0 aliphatic heterocycles. The summed E-state index contributed by atoms with van der Waals surface area (Å²) in [5.41, 5.74) is 2.32.